The Kier molecular flexibility index (Phi) is 6.76. The number of rotatable bonds is 7. The number of alkyl halides is 1. The Labute approximate surface area is 180 Å². The fourth-order valence-corrected chi connectivity index (χ4v) is 2.80. The minimum absolute atomic E-state index is 0.0896. The maximum absolute atomic E-state index is 12.8. The SMILES string of the molecule is O=C(O)c1ccc(NC(=O)c2cc(Cl)c(Cl)cc2Oc2ccc(OCF)cc2)cc1. The predicted molar refractivity (Wildman–Crippen MR) is 111 cm³/mol. The number of hydrogen-bond acceptors (Lipinski definition) is 4. The van der Waals surface area contributed by atoms with Crippen LogP contribution >= 0.6 is 23.2 Å². The molecule has 0 aliphatic carbocycles. The summed E-state index contributed by atoms with van der Waals surface area (Å²) in [6, 6.07) is 14.5. The highest BCUT2D eigenvalue weighted by Gasteiger charge is 2.17. The molecular weight excluding hydrogens is 436 g/mol. The van der Waals surface area contributed by atoms with Crippen LogP contribution in [0.25, 0.3) is 0 Å². The third kappa shape index (κ3) is 5.20. The van der Waals surface area contributed by atoms with Gasteiger partial charge in [0.1, 0.15) is 17.2 Å². The molecule has 1 amide bonds. The van der Waals surface area contributed by atoms with E-state index in [0.717, 1.165) is 0 Å². The van der Waals surface area contributed by atoms with Crippen LogP contribution in [0.4, 0.5) is 10.1 Å². The molecule has 3 aromatic rings. The first-order chi connectivity index (χ1) is 14.4. The number of aromatic carboxylic acids is 1. The summed E-state index contributed by atoms with van der Waals surface area (Å²) in [5.41, 5.74) is 0.581. The molecule has 9 heteroatoms. The lowest BCUT2D eigenvalue weighted by Crippen LogP contribution is -2.13. The second-order valence-corrected chi connectivity index (χ2v) is 6.74. The number of halogens is 3. The van der Waals surface area contributed by atoms with Gasteiger partial charge in [-0.2, -0.15) is 0 Å². The number of carboxylic acids is 1. The second kappa shape index (κ2) is 9.47. The summed E-state index contributed by atoms with van der Waals surface area (Å²) in [6.07, 6.45) is 0. The highest BCUT2D eigenvalue weighted by atomic mass is 35.5. The Morgan fingerprint density at radius 3 is 2.13 bits per heavy atom. The van der Waals surface area contributed by atoms with Crippen LogP contribution in [0.15, 0.2) is 60.7 Å². The summed E-state index contributed by atoms with van der Waals surface area (Å²) < 4.78 is 22.7. The monoisotopic (exact) mass is 449 g/mol. The standard InChI is InChI=1S/C21H14Cl2FNO5/c22-17-9-16(20(26)25-13-3-1-12(2-4-13)21(27)28)19(10-18(17)23)30-15-7-5-14(6-8-15)29-11-24/h1-10H,11H2,(H,25,26)(H,27,28). The van der Waals surface area contributed by atoms with Gasteiger partial charge in [0.15, 0.2) is 0 Å². The average Bonchev–Trinajstić information content (AvgIpc) is 2.72. The minimum Gasteiger partial charge on any atom is -0.478 e. The second-order valence-electron chi connectivity index (χ2n) is 5.93. The molecule has 0 saturated heterocycles. The number of carbonyl (C=O) groups is 2. The fraction of sp³-hybridized carbons (Fsp3) is 0.0476. The molecule has 2 N–H and O–H groups in total. The Morgan fingerprint density at radius 2 is 1.53 bits per heavy atom. The van der Waals surface area contributed by atoms with E-state index in [-0.39, 0.29) is 26.9 Å². The molecule has 0 radical (unpaired) electrons. The van der Waals surface area contributed by atoms with Gasteiger partial charge < -0.3 is 19.9 Å². The van der Waals surface area contributed by atoms with Crippen LogP contribution in [0.3, 0.4) is 0 Å². The normalized spacial score (nSPS) is 10.4. The van der Waals surface area contributed by atoms with Gasteiger partial charge in [-0.25, -0.2) is 9.18 Å². The quantitative estimate of drug-likeness (QED) is 0.458. The van der Waals surface area contributed by atoms with Crippen LogP contribution in [0.2, 0.25) is 10.0 Å². The zero-order valence-electron chi connectivity index (χ0n) is 15.2. The van der Waals surface area contributed by atoms with E-state index >= 15 is 0 Å². The number of nitrogens with one attached hydrogen (secondary N) is 1. The fourth-order valence-electron chi connectivity index (χ4n) is 2.48. The lowest BCUT2D eigenvalue weighted by atomic mass is 10.1. The van der Waals surface area contributed by atoms with Crippen molar-refractivity contribution in [3.8, 4) is 17.2 Å². The molecule has 0 atom stereocenters. The summed E-state index contributed by atoms with van der Waals surface area (Å²) in [4.78, 5) is 23.7. The molecule has 0 saturated carbocycles. The summed E-state index contributed by atoms with van der Waals surface area (Å²) in [5.74, 6) is -0.788. The lowest BCUT2D eigenvalue weighted by molar-refractivity contribution is 0.0696. The van der Waals surface area contributed by atoms with E-state index in [2.05, 4.69) is 5.32 Å². The van der Waals surface area contributed by atoms with Crippen LogP contribution < -0.4 is 14.8 Å². The van der Waals surface area contributed by atoms with Gasteiger partial charge in [-0.1, -0.05) is 23.2 Å². The Bertz CT molecular complexity index is 1070. The largest absolute Gasteiger partial charge is 0.478 e. The van der Waals surface area contributed by atoms with Crippen molar-refractivity contribution in [2.24, 2.45) is 0 Å². The van der Waals surface area contributed by atoms with Crippen molar-refractivity contribution < 1.29 is 28.6 Å². The molecule has 0 heterocycles. The van der Waals surface area contributed by atoms with E-state index in [9.17, 15) is 14.0 Å². The Hall–Kier alpha value is -3.29. The summed E-state index contributed by atoms with van der Waals surface area (Å²) in [6.45, 7) is -0.954. The predicted octanol–water partition coefficient (Wildman–Crippen LogP) is 6.04. The molecule has 0 aliphatic heterocycles. The van der Waals surface area contributed by atoms with Crippen molar-refractivity contribution in [3.63, 3.8) is 0 Å². The zero-order valence-corrected chi connectivity index (χ0v) is 16.7. The minimum atomic E-state index is -1.07. The maximum atomic E-state index is 12.8. The molecule has 3 rings (SSSR count). The van der Waals surface area contributed by atoms with Gasteiger partial charge in [0.25, 0.3) is 5.91 Å². The van der Waals surface area contributed by atoms with Gasteiger partial charge in [0, 0.05) is 11.8 Å². The van der Waals surface area contributed by atoms with E-state index in [1.54, 1.807) is 12.1 Å². The van der Waals surface area contributed by atoms with E-state index in [1.165, 1.54) is 48.5 Å². The molecule has 0 aliphatic rings. The van der Waals surface area contributed by atoms with E-state index < -0.39 is 18.7 Å². The van der Waals surface area contributed by atoms with E-state index in [4.69, 9.17) is 37.8 Å². The smallest absolute Gasteiger partial charge is 0.335 e. The summed E-state index contributed by atoms with van der Waals surface area (Å²) >= 11 is 12.1. The first-order valence-corrected chi connectivity index (χ1v) is 9.23. The molecule has 0 spiro atoms. The summed E-state index contributed by atoms with van der Waals surface area (Å²) in [5, 5.41) is 11.9. The van der Waals surface area contributed by atoms with Crippen LogP contribution in [-0.2, 0) is 0 Å². The highest BCUT2D eigenvalue weighted by Crippen LogP contribution is 2.34. The number of carboxylic acid groups (broad SMARTS) is 1. The van der Waals surface area contributed by atoms with Crippen LogP contribution in [0.1, 0.15) is 20.7 Å². The Morgan fingerprint density at radius 1 is 0.933 bits per heavy atom. The van der Waals surface area contributed by atoms with Crippen molar-refractivity contribution >= 4 is 40.8 Å². The zero-order chi connectivity index (χ0) is 21.7. The first kappa shape index (κ1) is 21.4. The van der Waals surface area contributed by atoms with Crippen LogP contribution in [0, 0.1) is 0 Å². The first-order valence-electron chi connectivity index (χ1n) is 8.48. The topological polar surface area (TPSA) is 84.9 Å². The molecule has 0 aromatic heterocycles. The van der Waals surface area contributed by atoms with Crippen molar-refractivity contribution in [1.82, 2.24) is 0 Å². The number of amides is 1. The Balaban J connectivity index is 1.85. The van der Waals surface area contributed by atoms with Crippen molar-refractivity contribution in [3.05, 3.63) is 81.8 Å². The molecule has 0 unspecified atom stereocenters. The van der Waals surface area contributed by atoms with Gasteiger partial charge in [-0.15, -0.1) is 0 Å². The molecule has 0 fully saturated rings. The van der Waals surface area contributed by atoms with Gasteiger partial charge in [-0.3, -0.25) is 4.79 Å². The third-order valence-corrected chi connectivity index (χ3v) is 4.65. The number of anilines is 1. The maximum Gasteiger partial charge on any atom is 0.335 e. The number of benzene rings is 3. The van der Waals surface area contributed by atoms with Crippen molar-refractivity contribution in [2.75, 3.05) is 12.2 Å². The average molecular weight is 450 g/mol. The van der Waals surface area contributed by atoms with Crippen molar-refractivity contribution in [1.29, 1.82) is 0 Å². The van der Waals surface area contributed by atoms with Crippen molar-refractivity contribution in [2.45, 2.75) is 0 Å². The number of hydrogen-bond donors (Lipinski definition) is 2. The van der Waals surface area contributed by atoms with Gasteiger partial charge in [-0.05, 0) is 54.6 Å². The van der Waals surface area contributed by atoms with Gasteiger partial charge in [0.05, 0.1) is 21.2 Å². The molecular formula is C21H14Cl2FNO5. The molecule has 3 aromatic carbocycles. The molecule has 154 valence electrons. The van der Waals surface area contributed by atoms with Crippen LogP contribution in [-0.4, -0.2) is 23.8 Å². The van der Waals surface area contributed by atoms with Gasteiger partial charge >= 0.3 is 5.97 Å². The lowest BCUT2D eigenvalue weighted by Gasteiger charge is -2.13. The molecule has 0 bridgehead atoms. The van der Waals surface area contributed by atoms with E-state index in [1.807, 2.05) is 0 Å². The van der Waals surface area contributed by atoms with Gasteiger partial charge in [0.2, 0.25) is 6.86 Å². The van der Waals surface area contributed by atoms with Crippen LogP contribution in [0.5, 0.6) is 17.2 Å². The number of ether oxygens (including phenoxy) is 2. The van der Waals surface area contributed by atoms with E-state index in [0.29, 0.717) is 17.2 Å². The molecule has 6 nitrogen and oxygen atoms in total. The summed E-state index contributed by atoms with van der Waals surface area (Å²) in [7, 11) is 0. The third-order valence-electron chi connectivity index (χ3n) is 3.93. The number of carbonyl (C=O) groups excluding carboxylic acids is 1. The molecule has 30 heavy (non-hydrogen) atoms. The highest BCUT2D eigenvalue weighted by molar-refractivity contribution is 6.42.